The van der Waals surface area contributed by atoms with Crippen LogP contribution in [0.4, 0.5) is 0 Å². The topological polar surface area (TPSA) is 47.5 Å². The molecule has 1 aromatic carbocycles. The van der Waals surface area contributed by atoms with Crippen molar-refractivity contribution < 1.29 is 9.47 Å². The number of rotatable bonds is 10. The summed E-state index contributed by atoms with van der Waals surface area (Å²) in [6.45, 7) is 6.45. The normalized spacial score (nSPS) is 14.4. The molecule has 0 aliphatic carbocycles. The lowest BCUT2D eigenvalue weighted by Gasteiger charge is -2.16. The summed E-state index contributed by atoms with van der Waals surface area (Å²) in [6, 6.07) is 6.08. The maximum Gasteiger partial charge on any atom is 0.161 e. The van der Waals surface area contributed by atoms with E-state index in [1.807, 2.05) is 18.5 Å². The van der Waals surface area contributed by atoms with Crippen molar-refractivity contribution in [3.05, 3.63) is 47.5 Å². The molecule has 0 N–H and O–H groups in total. The summed E-state index contributed by atoms with van der Waals surface area (Å²) in [5, 5.41) is 0. The van der Waals surface area contributed by atoms with Crippen LogP contribution in [0, 0.1) is 0 Å². The molecule has 1 aromatic heterocycles. The van der Waals surface area contributed by atoms with Gasteiger partial charge in [0, 0.05) is 25.4 Å². The molecular formula is C22H31N3O2. The lowest BCUT2D eigenvalue weighted by atomic mass is 10.1. The fourth-order valence-corrected chi connectivity index (χ4v) is 3.49. The molecule has 2 aromatic rings. The Kier molecular flexibility index (Phi) is 7.45. The van der Waals surface area contributed by atoms with Crippen LogP contribution in [0.15, 0.2) is 30.6 Å². The standard InChI is InChI=1S/C22H31N3O2/c1-3-7-19-16-23-22(24-17-19)15-18-8-9-20(26-2)21(14-18)27-13-6-12-25-10-4-5-11-25/h8-9,14,16-17H,3-7,10-13,15H2,1-2H3. The summed E-state index contributed by atoms with van der Waals surface area (Å²) >= 11 is 0. The van der Waals surface area contributed by atoms with Crippen molar-refractivity contribution in [3.8, 4) is 11.5 Å². The largest absolute Gasteiger partial charge is 0.493 e. The van der Waals surface area contributed by atoms with Crippen LogP contribution in [0.25, 0.3) is 0 Å². The first-order chi connectivity index (χ1) is 13.3. The first-order valence-corrected chi connectivity index (χ1v) is 10.1. The van der Waals surface area contributed by atoms with E-state index < -0.39 is 0 Å². The lowest BCUT2D eigenvalue weighted by molar-refractivity contribution is 0.254. The van der Waals surface area contributed by atoms with Crippen molar-refractivity contribution in [1.29, 1.82) is 0 Å². The number of aromatic nitrogens is 2. The SMILES string of the molecule is CCCc1cnc(Cc2ccc(OC)c(OCCCN3CCCC3)c2)nc1. The van der Waals surface area contributed by atoms with Gasteiger partial charge in [-0.3, -0.25) is 0 Å². The Morgan fingerprint density at radius 3 is 2.52 bits per heavy atom. The third-order valence-corrected chi connectivity index (χ3v) is 4.96. The van der Waals surface area contributed by atoms with Crippen LogP contribution in [0.2, 0.25) is 0 Å². The fourth-order valence-electron chi connectivity index (χ4n) is 3.49. The molecule has 5 heteroatoms. The minimum atomic E-state index is 0.695. The fraction of sp³-hybridized carbons (Fsp3) is 0.545. The predicted octanol–water partition coefficient (Wildman–Crippen LogP) is 3.89. The molecule has 0 radical (unpaired) electrons. The molecule has 1 fully saturated rings. The van der Waals surface area contributed by atoms with E-state index >= 15 is 0 Å². The molecule has 0 atom stereocenters. The lowest BCUT2D eigenvalue weighted by Crippen LogP contribution is -2.21. The second kappa shape index (κ2) is 10.3. The highest BCUT2D eigenvalue weighted by Gasteiger charge is 2.11. The van der Waals surface area contributed by atoms with Crippen LogP contribution in [-0.4, -0.2) is 48.2 Å². The molecule has 0 unspecified atom stereocenters. The zero-order valence-corrected chi connectivity index (χ0v) is 16.6. The van der Waals surface area contributed by atoms with Gasteiger partial charge in [0.25, 0.3) is 0 Å². The highest BCUT2D eigenvalue weighted by atomic mass is 16.5. The van der Waals surface area contributed by atoms with Gasteiger partial charge in [0.05, 0.1) is 13.7 Å². The van der Waals surface area contributed by atoms with Crippen molar-refractivity contribution in [2.75, 3.05) is 33.4 Å². The zero-order valence-electron chi connectivity index (χ0n) is 16.6. The molecule has 0 spiro atoms. The van der Waals surface area contributed by atoms with E-state index in [0.717, 1.165) is 48.7 Å². The Morgan fingerprint density at radius 2 is 1.81 bits per heavy atom. The number of likely N-dealkylation sites (tertiary alicyclic amines) is 1. The van der Waals surface area contributed by atoms with E-state index in [9.17, 15) is 0 Å². The molecule has 146 valence electrons. The number of ether oxygens (including phenoxy) is 2. The Balaban J connectivity index is 1.56. The molecule has 27 heavy (non-hydrogen) atoms. The minimum absolute atomic E-state index is 0.695. The number of hydrogen-bond acceptors (Lipinski definition) is 5. The Bertz CT molecular complexity index is 697. The van der Waals surface area contributed by atoms with E-state index in [2.05, 4.69) is 33.9 Å². The highest BCUT2D eigenvalue weighted by molar-refractivity contribution is 5.43. The zero-order chi connectivity index (χ0) is 18.9. The molecule has 1 saturated heterocycles. The van der Waals surface area contributed by atoms with Gasteiger partial charge in [-0.15, -0.1) is 0 Å². The molecule has 0 bridgehead atoms. The van der Waals surface area contributed by atoms with Crippen LogP contribution < -0.4 is 9.47 Å². The maximum atomic E-state index is 6.02. The van der Waals surface area contributed by atoms with Crippen molar-refractivity contribution in [2.24, 2.45) is 0 Å². The average molecular weight is 370 g/mol. The molecule has 2 heterocycles. The Morgan fingerprint density at radius 1 is 1.04 bits per heavy atom. The molecule has 1 aliphatic rings. The van der Waals surface area contributed by atoms with Crippen LogP contribution >= 0.6 is 0 Å². The summed E-state index contributed by atoms with van der Waals surface area (Å²) in [7, 11) is 1.68. The predicted molar refractivity (Wildman–Crippen MR) is 108 cm³/mol. The summed E-state index contributed by atoms with van der Waals surface area (Å²) in [4.78, 5) is 11.5. The Labute approximate surface area is 162 Å². The third-order valence-electron chi connectivity index (χ3n) is 4.96. The Hall–Kier alpha value is -2.14. The van der Waals surface area contributed by atoms with E-state index in [-0.39, 0.29) is 0 Å². The summed E-state index contributed by atoms with van der Waals surface area (Å²) in [5.41, 5.74) is 2.33. The third kappa shape index (κ3) is 5.93. The van der Waals surface area contributed by atoms with Crippen LogP contribution in [0.3, 0.4) is 0 Å². The summed E-state index contributed by atoms with van der Waals surface area (Å²) in [6.07, 6.45) is 10.4. The van der Waals surface area contributed by atoms with E-state index in [1.165, 1.54) is 31.5 Å². The van der Waals surface area contributed by atoms with Crippen LogP contribution in [0.1, 0.15) is 49.6 Å². The number of aryl methyl sites for hydroxylation is 1. The molecule has 1 aliphatic heterocycles. The van der Waals surface area contributed by atoms with E-state index in [1.54, 1.807) is 7.11 Å². The average Bonchev–Trinajstić information content (AvgIpc) is 3.21. The van der Waals surface area contributed by atoms with Crippen LogP contribution in [0.5, 0.6) is 11.5 Å². The molecule has 0 saturated carbocycles. The summed E-state index contributed by atoms with van der Waals surface area (Å²) in [5.74, 6) is 2.41. The second-order valence-electron chi connectivity index (χ2n) is 7.17. The van der Waals surface area contributed by atoms with Crippen LogP contribution in [-0.2, 0) is 12.8 Å². The van der Waals surface area contributed by atoms with Gasteiger partial charge in [-0.2, -0.15) is 0 Å². The van der Waals surface area contributed by atoms with Gasteiger partial charge in [0.2, 0.25) is 0 Å². The first-order valence-electron chi connectivity index (χ1n) is 10.1. The van der Waals surface area contributed by atoms with Gasteiger partial charge < -0.3 is 14.4 Å². The molecular weight excluding hydrogens is 338 g/mol. The minimum Gasteiger partial charge on any atom is -0.493 e. The molecule has 5 nitrogen and oxygen atoms in total. The summed E-state index contributed by atoms with van der Waals surface area (Å²) < 4.78 is 11.5. The maximum absolute atomic E-state index is 6.02. The monoisotopic (exact) mass is 369 g/mol. The number of nitrogens with zero attached hydrogens (tertiary/aromatic N) is 3. The second-order valence-corrected chi connectivity index (χ2v) is 7.17. The number of benzene rings is 1. The van der Waals surface area contributed by atoms with Crippen molar-refractivity contribution in [2.45, 2.75) is 45.4 Å². The van der Waals surface area contributed by atoms with Gasteiger partial charge in [-0.1, -0.05) is 19.4 Å². The highest BCUT2D eigenvalue weighted by Crippen LogP contribution is 2.29. The van der Waals surface area contributed by atoms with Crippen molar-refractivity contribution >= 4 is 0 Å². The quantitative estimate of drug-likeness (QED) is 0.595. The van der Waals surface area contributed by atoms with Crippen molar-refractivity contribution in [3.63, 3.8) is 0 Å². The smallest absolute Gasteiger partial charge is 0.161 e. The number of methoxy groups -OCH3 is 1. The molecule has 3 rings (SSSR count). The van der Waals surface area contributed by atoms with Gasteiger partial charge in [-0.25, -0.2) is 9.97 Å². The van der Waals surface area contributed by atoms with Gasteiger partial charge in [0.15, 0.2) is 11.5 Å². The van der Waals surface area contributed by atoms with Gasteiger partial charge >= 0.3 is 0 Å². The van der Waals surface area contributed by atoms with E-state index in [0.29, 0.717) is 13.0 Å². The van der Waals surface area contributed by atoms with E-state index in [4.69, 9.17) is 9.47 Å². The first kappa shape index (κ1) is 19.6. The van der Waals surface area contributed by atoms with Gasteiger partial charge in [0.1, 0.15) is 5.82 Å². The van der Waals surface area contributed by atoms with Crippen molar-refractivity contribution in [1.82, 2.24) is 14.9 Å². The molecule has 0 amide bonds. The number of hydrogen-bond donors (Lipinski definition) is 0. The van der Waals surface area contributed by atoms with Gasteiger partial charge in [-0.05, 0) is 62.0 Å².